The fraction of sp³-hybridized carbons (Fsp3) is 0.217. The molecule has 1 atom stereocenters. The molecular weight excluding hydrogens is 397 g/mol. The van der Waals surface area contributed by atoms with E-state index in [2.05, 4.69) is 0 Å². The van der Waals surface area contributed by atoms with Gasteiger partial charge in [0, 0.05) is 29.4 Å². The second kappa shape index (κ2) is 8.33. The van der Waals surface area contributed by atoms with Gasteiger partial charge in [0.15, 0.2) is 0 Å². The Labute approximate surface area is 176 Å². The van der Waals surface area contributed by atoms with Gasteiger partial charge in [0.05, 0.1) is 0 Å². The Morgan fingerprint density at radius 1 is 0.867 bits per heavy atom. The van der Waals surface area contributed by atoms with Crippen LogP contribution < -0.4 is 9.34 Å². The summed E-state index contributed by atoms with van der Waals surface area (Å²) in [4.78, 5) is 11.4. The molecule has 0 radical (unpaired) electrons. The molecule has 1 saturated heterocycles. The van der Waals surface area contributed by atoms with E-state index < -0.39 is 19.6 Å². The second-order valence-electron chi connectivity index (χ2n) is 7.39. The molecule has 1 fully saturated rings. The summed E-state index contributed by atoms with van der Waals surface area (Å²) in [7, 11) is -3.42. The average molecular weight is 421 g/mol. The fourth-order valence-electron chi connectivity index (χ4n) is 4.22. The third-order valence-electron chi connectivity index (χ3n) is 5.60. The Kier molecular flexibility index (Phi) is 5.60. The molecule has 0 aliphatic carbocycles. The minimum absolute atomic E-state index is 0.346. The molecule has 0 spiro atoms. The Balaban J connectivity index is 1.92. The van der Waals surface area contributed by atoms with Crippen LogP contribution in [0.4, 0.5) is 11.4 Å². The molecule has 0 bridgehead atoms. The maximum atomic E-state index is 15.0. The molecule has 1 aliphatic rings. The lowest BCUT2D eigenvalue weighted by Gasteiger charge is -2.37. The summed E-state index contributed by atoms with van der Waals surface area (Å²) >= 11 is 0. The number of anilines is 2. The molecular formula is C23H24N3O3P. The van der Waals surface area contributed by atoms with Gasteiger partial charge in [0.1, 0.15) is 5.66 Å². The van der Waals surface area contributed by atoms with E-state index in [1.807, 2.05) is 101 Å². The topological polar surface area (TPSA) is 66.7 Å². The average Bonchev–Trinajstić information content (AvgIpc) is 3.11. The molecule has 30 heavy (non-hydrogen) atoms. The van der Waals surface area contributed by atoms with E-state index in [1.165, 1.54) is 0 Å². The summed E-state index contributed by atoms with van der Waals surface area (Å²) in [6, 6.07) is 26.7. The number of benzene rings is 3. The van der Waals surface area contributed by atoms with Gasteiger partial charge >= 0.3 is 0 Å². The van der Waals surface area contributed by atoms with Crippen LogP contribution >= 0.6 is 7.44 Å². The summed E-state index contributed by atoms with van der Waals surface area (Å²) in [5.74, 6) is 0. The van der Waals surface area contributed by atoms with Crippen LogP contribution in [0.25, 0.3) is 0 Å². The van der Waals surface area contributed by atoms with Gasteiger partial charge in [-0.2, -0.15) is 0 Å². The number of rotatable bonds is 6. The van der Waals surface area contributed by atoms with Gasteiger partial charge in [-0.1, -0.05) is 60.7 Å². The lowest BCUT2D eigenvalue weighted by Crippen LogP contribution is -2.28. The highest BCUT2D eigenvalue weighted by Crippen LogP contribution is 2.69. The lowest BCUT2D eigenvalue weighted by molar-refractivity contribution is -0.480. The normalized spacial score (nSPS) is 16.4. The Morgan fingerprint density at radius 3 is 1.80 bits per heavy atom. The van der Waals surface area contributed by atoms with Crippen LogP contribution in [0, 0.1) is 17.0 Å². The number of nitrogens with zero attached hydrogens (tertiary/aromatic N) is 3. The number of nitro groups is 1. The van der Waals surface area contributed by atoms with Gasteiger partial charge in [-0.25, -0.2) is 0 Å². The zero-order valence-corrected chi connectivity index (χ0v) is 17.7. The highest BCUT2D eigenvalue weighted by atomic mass is 31.2. The molecule has 4 rings (SSSR count). The van der Waals surface area contributed by atoms with Crippen molar-refractivity contribution in [3.05, 3.63) is 106 Å². The second-order valence-corrected chi connectivity index (χ2v) is 10.2. The van der Waals surface area contributed by atoms with Crippen LogP contribution in [0.2, 0.25) is 0 Å². The third-order valence-corrected chi connectivity index (χ3v) is 9.10. The van der Waals surface area contributed by atoms with Gasteiger partial charge in [0.25, 0.3) is 7.44 Å². The van der Waals surface area contributed by atoms with Gasteiger partial charge in [-0.05, 0) is 42.3 Å². The van der Waals surface area contributed by atoms with Crippen LogP contribution in [-0.2, 0) is 4.57 Å². The minimum Gasteiger partial charge on any atom is -0.304 e. The van der Waals surface area contributed by atoms with Crippen molar-refractivity contribution >= 4 is 18.8 Å². The quantitative estimate of drug-likeness (QED) is 0.297. The van der Waals surface area contributed by atoms with Crippen molar-refractivity contribution < 1.29 is 9.49 Å². The zero-order chi connectivity index (χ0) is 21.1. The number of para-hydroxylation sites is 2. The number of hydrogen-bond donors (Lipinski definition) is 0. The van der Waals surface area contributed by atoms with Crippen LogP contribution in [-0.4, -0.2) is 24.6 Å². The standard InChI is InChI=1S/C23H24N3O3P/c1-19-10-8-9-15-22(19)23(18-26(27)28)30(29)24(20-11-4-2-5-12-20)16-17-25(30)21-13-6-3-7-14-21/h2-15,23H,16-18H2,1H3. The van der Waals surface area contributed by atoms with Crippen LogP contribution in [0.1, 0.15) is 16.8 Å². The predicted octanol–water partition coefficient (Wildman–Crippen LogP) is 5.53. The summed E-state index contributed by atoms with van der Waals surface area (Å²) in [6.45, 7) is 2.60. The van der Waals surface area contributed by atoms with Crippen LogP contribution in [0.15, 0.2) is 84.9 Å². The Hall–Kier alpha value is -3.11. The summed E-state index contributed by atoms with van der Waals surface area (Å²) in [6.07, 6.45) is 0. The van der Waals surface area contributed by atoms with Gasteiger partial charge < -0.3 is 9.34 Å². The first kappa shape index (κ1) is 20.2. The first-order valence-electron chi connectivity index (χ1n) is 9.95. The van der Waals surface area contributed by atoms with Crippen molar-refractivity contribution in [3.8, 4) is 0 Å². The monoisotopic (exact) mass is 421 g/mol. The van der Waals surface area contributed by atoms with Gasteiger partial charge in [0.2, 0.25) is 6.54 Å². The Bertz CT molecular complexity index is 1020. The molecule has 1 unspecified atom stereocenters. The summed E-state index contributed by atoms with van der Waals surface area (Å²) in [5.41, 5.74) is 2.56. The van der Waals surface area contributed by atoms with Crippen molar-refractivity contribution in [2.24, 2.45) is 0 Å². The first-order chi connectivity index (χ1) is 14.5. The van der Waals surface area contributed by atoms with E-state index in [9.17, 15) is 10.1 Å². The highest BCUT2D eigenvalue weighted by Gasteiger charge is 2.52. The zero-order valence-electron chi connectivity index (χ0n) is 16.8. The predicted molar refractivity (Wildman–Crippen MR) is 121 cm³/mol. The molecule has 154 valence electrons. The minimum atomic E-state index is -3.42. The first-order valence-corrected chi connectivity index (χ1v) is 11.6. The van der Waals surface area contributed by atoms with Crippen molar-refractivity contribution in [2.45, 2.75) is 12.6 Å². The van der Waals surface area contributed by atoms with E-state index in [1.54, 1.807) is 0 Å². The smallest absolute Gasteiger partial charge is 0.277 e. The van der Waals surface area contributed by atoms with E-state index in [-0.39, 0.29) is 4.92 Å². The Morgan fingerprint density at radius 2 is 1.33 bits per heavy atom. The van der Waals surface area contributed by atoms with Crippen molar-refractivity contribution in [3.63, 3.8) is 0 Å². The molecule has 3 aromatic carbocycles. The van der Waals surface area contributed by atoms with E-state index in [0.29, 0.717) is 13.1 Å². The van der Waals surface area contributed by atoms with E-state index in [4.69, 9.17) is 0 Å². The molecule has 6 nitrogen and oxygen atoms in total. The largest absolute Gasteiger partial charge is 0.304 e. The molecule has 1 aliphatic heterocycles. The maximum Gasteiger partial charge on any atom is 0.277 e. The molecule has 1 heterocycles. The van der Waals surface area contributed by atoms with Crippen molar-refractivity contribution in [1.82, 2.24) is 0 Å². The number of aryl methyl sites for hydroxylation is 1. The van der Waals surface area contributed by atoms with Crippen LogP contribution in [0.5, 0.6) is 0 Å². The third kappa shape index (κ3) is 3.59. The maximum absolute atomic E-state index is 15.0. The molecule has 3 aromatic rings. The molecule has 0 aromatic heterocycles. The number of hydrogen-bond acceptors (Lipinski definition) is 3. The molecule has 0 amide bonds. The fourth-order valence-corrected chi connectivity index (χ4v) is 7.83. The summed E-state index contributed by atoms with van der Waals surface area (Å²) < 4.78 is 18.8. The van der Waals surface area contributed by atoms with Gasteiger partial charge in [-0.3, -0.25) is 14.7 Å². The molecule has 0 saturated carbocycles. The van der Waals surface area contributed by atoms with Crippen molar-refractivity contribution in [1.29, 1.82) is 0 Å². The summed E-state index contributed by atoms with van der Waals surface area (Å²) in [5, 5.41) is 11.7. The lowest BCUT2D eigenvalue weighted by atomic mass is 10.1. The SMILES string of the molecule is Cc1ccccc1C(C[N+](=O)[O-])P1(=O)N(c2ccccc2)CCN1c1ccccc1. The van der Waals surface area contributed by atoms with Gasteiger partial charge in [-0.15, -0.1) is 0 Å². The van der Waals surface area contributed by atoms with Crippen LogP contribution in [0.3, 0.4) is 0 Å². The highest BCUT2D eigenvalue weighted by molar-refractivity contribution is 7.68. The van der Waals surface area contributed by atoms with Crippen molar-refractivity contribution in [2.75, 3.05) is 29.0 Å². The molecule has 7 heteroatoms. The molecule has 0 N–H and O–H groups in total. The van der Waals surface area contributed by atoms with E-state index in [0.717, 1.165) is 22.5 Å². The van der Waals surface area contributed by atoms with E-state index >= 15 is 4.57 Å².